The van der Waals surface area contributed by atoms with Crippen LogP contribution in [0, 0.1) is 11.8 Å². The second-order valence-electron chi connectivity index (χ2n) is 6.99. The van der Waals surface area contributed by atoms with Gasteiger partial charge in [0.15, 0.2) is 0 Å². The van der Waals surface area contributed by atoms with E-state index >= 15 is 0 Å². The van der Waals surface area contributed by atoms with E-state index in [1.165, 1.54) is 17.7 Å². The third-order valence-corrected chi connectivity index (χ3v) is 6.48. The topological polar surface area (TPSA) is 29.5 Å². The van der Waals surface area contributed by atoms with Gasteiger partial charge in [-0.25, -0.2) is 4.79 Å². The van der Waals surface area contributed by atoms with Gasteiger partial charge in [0, 0.05) is 23.2 Å². The van der Waals surface area contributed by atoms with Crippen LogP contribution in [-0.2, 0) is 11.3 Å². The summed E-state index contributed by atoms with van der Waals surface area (Å²) in [6, 6.07) is 20.5. The molecule has 1 saturated heterocycles. The molecule has 0 aromatic heterocycles. The molecule has 4 heteroatoms. The van der Waals surface area contributed by atoms with Crippen molar-refractivity contribution in [1.29, 1.82) is 0 Å². The Labute approximate surface area is 153 Å². The summed E-state index contributed by atoms with van der Waals surface area (Å²) in [7, 11) is 0. The molecular formula is C21H23NO2S. The molecule has 1 saturated carbocycles. The Morgan fingerprint density at radius 1 is 0.960 bits per heavy atom. The first kappa shape index (κ1) is 16.5. The Bertz CT molecular complexity index is 692. The van der Waals surface area contributed by atoms with Crippen LogP contribution in [0.4, 0.5) is 4.79 Å². The average Bonchev–Trinajstić information content (AvgIpc) is 3.20. The molecule has 1 aliphatic carbocycles. The van der Waals surface area contributed by atoms with Crippen LogP contribution in [0.1, 0.15) is 18.4 Å². The summed E-state index contributed by atoms with van der Waals surface area (Å²) in [5, 5.41) is 0.680. The first-order chi connectivity index (χ1) is 12.3. The molecule has 4 rings (SSSR count). The quantitative estimate of drug-likeness (QED) is 0.789. The summed E-state index contributed by atoms with van der Waals surface area (Å²) < 4.78 is 5.48. The van der Waals surface area contributed by atoms with E-state index in [9.17, 15) is 4.79 Å². The van der Waals surface area contributed by atoms with Crippen LogP contribution >= 0.6 is 11.8 Å². The second kappa shape index (κ2) is 7.52. The summed E-state index contributed by atoms with van der Waals surface area (Å²) in [4.78, 5) is 15.6. The van der Waals surface area contributed by atoms with Crippen molar-refractivity contribution in [3.63, 3.8) is 0 Å². The molecule has 2 fully saturated rings. The maximum atomic E-state index is 12.3. The molecule has 1 heterocycles. The second-order valence-corrected chi connectivity index (χ2v) is 8.36. The van der Waals surface area contributed by atoms with Crippen LogP contribution in [0.2, 0.25) is 0 Å². The van der Waals surface area contributed by atoms with Crippen molar-refractivity contribution in [1.82, 2.24) is 4.90 Å². The van der Waals surface area contributed by atoms with E-state index in [1.807, 2.05) is 47.0 Å². The number of amides is 1. The van der Waals surface area contributed by atoms with Gasteiger partial charge in [0.1, 0.15) is 6.61 Å². The minimum atomic E-state index is -0.162. The number of carbonyl (C=O) groups is 1. The summed E-state index contributed by atoms with van der Waals surface area (Å²) in [6.45, 7) is 2.06. The Kier molecular flexibility index (Phi) is 4.97. The Balaban J connectivity index is 1.25. The van der Waals surface area contributed by atoms with Gasteiger partial charge in [-0.15, -0.1) is 11.8 Å². The largest absolute Gasteiger partial charge is 0.445 e. The molecule has 0 radical (unpaired) electrons. The van der Waals surface area contributed by atoms with E-state index in [2.05, 4.69) is 30.3 Å². The zero-order chi connectivity index (χ0) is 17.1. The fourth-order valence-corrected chi connectivity index (χ4v) is 5.38. The molecule has 0 unspecified atom stereocenters. The van der Waals surface area contributed by atoms with Crippen molar-refractivity contribution >= 4 is 17.9 Å². The molecule has 1 amide bonds. The van der Waals surface area contributed by atoms with Crippen molar-refractivity contribution in [3.8, 4) is 0 Å². The first-order valence-electron chi connectivity index (χ1n) is 8.95. The third-order valence-electron chi connectivity index (χ3n) is 5.22. The number of ether oxygens (including phenoxy) is 1. The van der Waals surface area contributed by atoms with Gasteiger partial charge < -0.3 is 9.64 Å². The molecular weight excluding hydrogens is 330 g/mol. The standard InChI is InChI=1S/C21H23NO2S/c23-21(24-15-16-7-3-1-4-8-16)22-13-17-11-20(12-18(17)14-22)25-19-9-5-2-6-10-19/h1-10,17-18,20H,11-15H2/t17-,18+,20-. The van der Waals surface area contributed by atoms with E-state index in [4.69, 9.17) is 4.74 Å². The number of thioether (sulfide) groups is 1. The van der Waals surface area contributed by atoms with Gasteiger partial charge in [-0.3, -0.25) is 0 Å². The number of fused-ring (bicyclic) bond motifs is 1. The first-order valence-corrected chi connectivity index (χ1v) is 9.83. The SMILES string of the molecule is O=C(OCc1ccccc1)N1C[C@H]2C[C@@H](Sc3ccccc3)C[C@H]2C1. The number of carbonyl (C=O) groups excluding carboxylic acids is 1. The van der Waals surface area contributed by atoms with Crippen molar-refractivity contribution in [3.05, 3.63) is 66.2 Å². The molecule has 0 bridgehead atoms. The number of hydrogen-bond donors (Lipinski definition) is 0. The van der Waals surface area contributed by atoms with Gasteiger partial charge >= 0.3 is 6.09 Å². The van der Waals surface area contributed by atoms with Crippen molar-refractivity contribution < 1.29 is 9.53 Å². The predicted octanol–water partition coefficient (Wildman–Crippen LogP) is 4.83. The molecule has 1 aliphatic heterocycles. The maximum Gasteiger partial charge on any atom is 0.410 e. The van der Waals surface area contributed by atoms with Crippen molar-refractivity contribution in [2.24, 2.45) is 11.8 Å². The van der Waals surface area contributed by atoms with Crippen LogP contribution in [0.15, 0.2) is 65.6 Å². The van der Waals surface area contributed by atoms with Gasteiger partial charge in [0.2, 0.25) is 0 Å². The van der Waals surface area contributed by atoms with E-state index in [-0.39, 0.29) is 6.09 Å². The minimum absolute atomic E-state index is 0.162. The minimum Gasteiger partial charge on any atom is -0.445 e. The monoisotopic (exact) mass is 353 g/mol. The number of rotatable bonds is 4. The molecule has 3 nitrogen and oxygen atoms in total. The van der Waals surface area contributed by atoms with Crippen LogP contribution in [0.5, 0.6) is 0 Å². The van der Waals surface area contributed by atoms with Gasteiger partial charge in [-0.1, -0.05) is 48.5 Å². The molecule has 0 spiro atoms. The van der Waals surface area contributed by atoms with Gasteiger partial charge in [0.05, 0.1) is 0 Å². The lowest BCUT2D eigenvalue weighted by Crippen LogP contribution is -2.30. The van der Waals surface area contributed by atoms with E-state index in [0.29, 0.717) is 23.7 Å². The van der Waals surface area contributed by atoms with Crippen LogP contribution in [0.25, 0.3) is 0 Å². The summed E-state index contributed by atoms with van der Waals surface area (Å²) >= 11 is 1.99. The molecule has 2 aromatic rings. The molecule has 3 atom stereocenters. The number of nitrogens with zero attached hydrogens (tertiary/aromatic N) is 1. The smallest absolute Gasteiger partial charge is 0.410 e. The molecule has 2 aromatic carbocycles. The lowest BCUT2D eigenvalue weighted by atomic mass is 10.0. The van der Waals surface area contributed by atoms with Crippen molar-refractivity contribution in [2.45, 2.75) is 29.6 Å². The lowest BCUT2D eigenvalue weighted by molar-refractivity contribution is 0.102. The highest BCUT2D eigenvalue weighted by Gasteiger charge is 2.43. The fraction of sp³-hybridized carbons (Fsp3) is 0.381. The average molecular weight is 353 g/mol. The Morgan fingerprint density at radius 2 is 1.56 bits per heavy atom. The van der Waals surface area contributed by atoms with Gasteiger partial charge in [0.25, 0.3) is 0 Å². The van der Waals surface area contributed by atoms with Gasteiger partial charge in [-0.05, 0) is 42.4 Å². The lowest BCUT2D eigenvalue weighted by Gasteiger charge is -2.19. The third kappa shape index (κ3) is 4.01. The van der Waals surface area contributed by atoms with Crippen LogP contribution in [0.3, 0.4) is 0 Å². The van der Waals surface area contributed by atoms with Gasteiger partial charge in [-0.2, -0.15) is 0 Å². The Hall–Kier alpha value is -1.94. The highest BCUT2D eigenvalue weighted by Crippen LogP contribution is 2.45. The normalized spacial score (nSPS) is 25.0. The van der Waals surface area contributed by atoms with E-state index in [0.717, 1.165) is 18.7 Å². The highest BCUT2D eigenvalue weighted by molar-refractivity contribution is 8.00. The van der Waals surface area contributed by atoms with Crippen LogP contribution < -0.4 is 0 Å². The number of hydrogen-bond acceptors (Lipinski definition) is 3. The summed E-state index contributed by atoms with van der Waals surface area (Å²) in [6.07, 6.45) is 2.24. The molecule has 25 heavy (non-hydrogen) atoms. The summed E-state index contributed by atoms with van der Waals surface area (Å²) in [5.41, 5.74) is 1.04. The number of benzene rings is 2. The summed E-state index contributed by atoms with van der Waals surface area (Å²) in [5.74, 6) is 1.26. The zero-order valence-corrected chi connectivity index (χ0v) is 15.0. The molecule has 2 aliphatic rings. The highest BCUT2D eigenvalue weighted by atomic mass is 32.2. The molecule has 130 valence electrons. The van der Waals surface area contributed by atoms with E-state index in [1.54, 1.807) is 0 Å². The Morgan fingerprint density at radius 3 is 2.20 bits per heavy atom. The fourth-order valence-electron chi connectivity index (χ4n) is 3.99. The molecule has 0 N–H and O–H groups in total. The van der Waals surface area contributed by atoms with Crippen LogP contribution in [-0.4, -0.2) is 29.3 Å². The van der Waals surface area contributed by atoms with Crippen molar-refractivity contribution in [2.75, 3.05) is 13.1 Å². The van der Waals surface area contributed by atoms with E-state index < -0.39 is 0 Å². The predicted molar refractivity (Wildman–Crippen MR) is 101 cm³/mol. The maximum absolute atomic E-state index is 12.3. The zero-order valence-electron chi connectivity index (χ0n) is 14.2. The number of likely N-dealkylation sites (tertiary alicyclic amines) is 1.